The molecule has 0 fully saturated rings. The molecule has 0 heterocycles. The number of rotatable bonds is 6. The maximum Gasteiger partial charge on any atom is 0.222 e. The molecule has 31 heavy (non-hydrogen) atoms. The van der Waals surface area contributed by atoms with Gasteiger partial charge in [-0.3, -0.25) is 0 Å². The second kappa shape index (κ2) is 21.0. The zero-order valence-electron chi connectivity index (χ0n) is 19.1. The molecular weight excluding hydrogens is 599 g/mol. The van der Waals surface area contributed by atoms with Crippen LogP contribution in [0.2, 0.25) is 5.04 Å². The summed E-state index contributed by atoms with van der Waals surface area (Å²) in [5, 5.41) is 12.9. The normalized spacial score (nSPS) is 10.5. The summed E-state index contributed by atoms with van der Waals surface area (Å²) in [5.41, 5.74) is 0. The number of unbranched alkanes of at least 4 members (excludes halogenated alkanes) is 1. The van der Waals surface area contributed by atoms with Gasteiger partial charge in [-0.1, -0.05) is 127 Å². The molecule has 7 heteroatoms. The van der Waals surface area contributed by atoms with Gasteiger partial charge in [0.05, 0.1) is 5.34 Å². The summed E-state index contributed by atoms with van der Waals surface area (Å²) in [6.07, 6.45) is 3.46. The smallest absolute Gasteiger partial charge is 0.222 e. The van der Waals surface area contributed by atoms with Crippen LogP contribution in [0.1, 0.15) is 47.0 Å². The van der Waals surface area contributed by atoms with Crippen LogP contribution >= 0.6 is 66.1 Å². The lowest BCUT2D eigenvalue weighted by atomic mass is 10.2. The molecule has 0 unspecified atom stereocenters. The molecular formula is C24H37Br2Cl3OSi. The fourth-order valence-corrected chi connectivity index (χ4v) is 7.50. The third-order valence-corrected chi connectivity index (χ3v) is 12.6. The molecule has 0 amide bonds. The van der Waals surface area contributed by atoms with E-state index in [1.54, 1.807) is 0 Å². The number of benzene rings is 2. The zero-order chi connectivity index (χ0) is 24.2. The molecule has 2 rings (SSSR count). The number of halogens is 5. The van der Waals surface area contributed by atoms with Crippen molar-refractivity contribution in [3.05, 3.63) is 60.7 Å². The molecule has 1 N–H and O–H groups in total. The maximum absolute atomic E-state index is 8.04. The second-order valence-electron chi connectivity index (χ2n) is 7.55. The van der Waals surface area contributed by atoms with E-state index in [4.69, 9.17) is 39.4 Å². The van der Waals surface area contributed by atoms with E-state index in [0.717, 1.165) is 17.1 Å². The summed E-state index contributed by atoms with van der Waals surface area (Å²) in [4.78, 5) is 0. The van der Waals surface area contributed by atoms with Crippen molar-refractivity contribution in [3.8, 4) is 0 Å². The molecule has 0 bridgehead atoms. The minimum absolute atomic E-state index is 0.0667. The quantitative estimate of drug-likeness (QED) is 0.193. The van der Waals surface area contributed by atoms with Crippen molar-refractivity contribution in [2.45, 2.75) is 52.0 Å². The Kier molecular flexibility index (Phi) is 22.8. The highest BCUT2D eigenvalue weighted by Gasteiger charge is 2.46. The highest BCUT2D eigenvalue weighted by atomic mass is 79.9. The van der Waals surface area contributed by atoms with Gasteiger partial charge in [0.15, 0.2) is 0 Å². The minimum Gasteiger partial charge on any atom is -0.396 e. The summed E-state index contributed by atoms with van der Waals surface area (Å²) in [5.74, 6) is 0. The third kappa shape index (κ3) is 14.3. The first kappa shape index (κ1) is 33.6. The average Bonchev–Trinajstić information content (AvgIpc) is 2.76. The van der Waals surface area contributed by atoms with E-state index < -0.39 is 7.38 Å². The van der Waals surface area contributed by atoms with Crippen LogP contribution in [0, 0.1) is 0 Å². The fourth-order valence-electron chi connectivity index (χ4n) is 2.56. The first-order chi connectivity index (χ1) is 14.7. The van der Waals surface area contributed by atoms with E-state index in [1.807, 2.05) is 12.1 Å². The lowest BCUT2D eigenvalue weighted by Gasteiger charge is -2.38. The van der Waals surface area contributed by atoms with Crippen LogP contribution in [0.15, 0.2) is 60.7 Å². The van der Waals surface area contributed by atoms with E-state index in [-0.39, 0.29) is 10.4 Å². The van der Waals surface area contributed by atoms with Crippen molar-refractivity contribution in [2.75, 3.05) is 22.6 Å². The molecule has 0 radical (unpaired) electrons. The van der Waals surface area contributed by atoms with Crippen molar-refractivity contribution in [1.29, 1.82) is 0 Å². The number of aliphatic hydroxyl groups is 1. The van der Waals surface area contributed by atoms with Crippen LogP contribution in [0.3, 0.4) is 0 Å². The molecule has 0 saturated carbocycles. The van der Waals surface area contributed by atoms with Crippen LogP contribution in [0.25, 0.3) is 0 Å². The van der Waals surface area contributed by atoms with Gasteiger partial charge in [0.1, 0.15) is 0 Å². The Labute approximate surface area is 222 Å². The Balaban J connectivity index is 0. The highest BCUT2D eigenvalue weighted by Crippen LogP contribution is 2.38. The standard InChI is InChI=1S/C16H19ClSi.C4H9Br.C3H7BrO.CH2Cl2/c1-16(2,3)18(17,14-10-6-4-7-11-14)15-12-8-5-9-13-15;1-2-3-4-5;4-2-1-3-5;2-1-3/h4-13H,1-3H3;2-4H2,1H3;5H,1-3H2;1H2. The van der Waals surface area contributed by atoms with Crippen LogP contribution in [-0.4, -0.2) is 35.1 Å². The molecule has 0 atom stereocenters. The molecule has 0 aliphatic rings. The van der Waals surface area contributed by atoms with E-state index in [0.29, 0.717) is 6.61 Å². The van der Waals surface area contributed by atoms with Gasteiger partial charge in [-0.25, -0.2) is 0 Å². The minimum atomic E-state index is -2.23. The largest absolute Gasteiger partial charge is 0.396 e. The van der Waals surface area contributed by atoms with Crippen molar-refractivity contribution in [1.82, 2.24) is 0 Å². The third-order valence-electron chi connectivity index (χ3n) is 4.16. The number of aliphatic hydroxyl groups excluding tert-OH is 1. The maximum atomic E-state index is 8.04. The predicted octanol–water partition coefficient (Wildman–Crippen LogP) is 8.15. The highest BCUT2D eigenvalue weighted by molar-refractivity contribution is 9.09. The summed E-state index contributed by atoms with van der Waals surface area (Å²) in [7, 11) is -2.23. The van der Waals surface area contributed by atoms with Gasteiger partial charge in [-0.15, -0.1) is 23.2 Å². The van der Waals surface area contributed by atoms with Crippen molar-refractivity contribution >= 4 is 83.9 Å². The van der Waals surface area contributed by atoms with E-state index in [9.17, 15) is 0 Å². The van der Waals surface area contributed by atoms with E-state index in [1.165, 1.54) is 23.2 Å². The second-order valence-corrected chi connectivity index (χ2v) is 15.6. The predicted molar refractivity (Wildman–Crippen MR) is 154 cm³/mol. The molecule has 1 nitrogen and oxygen atoms in total. The molecule has 0 spiro atoms. The Morgan fingerprint density at radius 1 is 0.806 bits per heavy atom. The number of hydrogen-bond donors (Lipinski definition) is 1. The Bertz CT molecular complexity index is 576. The van der Waals surface area contributed by atoms with Gasteiger partial charge < -0.3 is 5.11 Å². The summed E-state index contributed by atoms with van der Waals surface area (Å²) in [6, 6.07) is 21.1. The molecule has 0 aromatic heterocycles. The lowest BCUT2D eigenvalue weighted by molar-refractivity contribution is 0.296. The Hall–Kier alpha value is 0.447. The molecule has 178 valence electrons. The average molecular weight is 636 g/mol. The van der Waals surface area contributed by atoms with E-state index >= 15 is 0 Å². The van der Waals surface area contributed by atoms with Crippen molar-refractivity contribution in [2.24, 2.45) is 0 Å². The van der Waals surface area contributed by atoms with Gasteiger partial charge in [0.25, 0.3) is 0 Å². The van der Waals surface area contributed by atoms with Gasteiger partial charge in [-0.2, -0.15) is 11.1 Å². The lowest BCUT2D eigenvalue weighted by Crippen LogP contribution is -2.59. The van der Waals surface area contributed by atoms with Crippen LogP contribution in [-0.2, 0) is 0 Å². The Morgan fingerprint density at radius 2 is 1.16 bits per heavy atom. The Morgan fingerprint density at radius 3 is 1.32 bits per heavy atom. The summed E-state index contributed by atoms with van der Waals surface area (Å²) < 4.78 is 0. The van der Waals surface area contributed by atoms with Gasteiger partial charge >= 0.3 is 0 Å². The first-order valence-corrected chi connectivity index (χ1v) is 16.7. The number of hydrogen-bond acceptors (Lipinski definition) is 1. The van der Waals surface area contributed by atoms with Crippen LogP contribution in [0.4, 0.5) is 0 Å². The molecule has 0 aliphatic heterocycles. The number of alkyl halides is 4. The summed E-state index contributed by atoms with van der Waals surface area (Å²) in [6.45, 7) is 9.21. The SMILES string of the molecule is CC(C)(C)[Si](Cl)(c1ccccc1)c1ccccc1.CCCCBr.ClCCl.OCCCBr. The van der Waals surface area contributed by atoms with Crippen molar-refractivity contribution in [3.63, 3.8) is 0 Å². The molecule has 2 aromatic rings. The van der Waals surface area contributed by atoms with Gasteiger partial charge in [0, 0.05) is 17.3 Å². The summed E-state index contributed by atoms with van der Waals surface area (Å²) >= 11 is 23.2. The van der Waals surface area contributed by atoms with Gasteiger partial charge in [0.2, 0.25) is 7.38 Å². The molecule has 0 aliphatic carbocycles. The monoisotopic (exact) mass is 632 g/mol. The molecule has 0 saturated heterocycles. The van der Waals surface area contributed by atoms with Gasteiger partial charge in [-0.05, 0) is 28.3 Å². The first-order valence-electron chi connectivity index (χ1n) is 10.4. The zero-order valence-corrected chi connectivity index (χ0v) is 25.5. The fraction of sp³-hybridized carbons (Fsp3) is 0.500. The topological polar surface area (TPSA) is 20.2 Å². The van der Waals surface area contributed by atoms with Crippen LogP contribution < -0.4 is 10.4 Å². The van der Waals surface area contributed by atoms with Crippen molar-refractivity contribution < 1.29 is 5.11 Å². The van der Waals surface area contributed by atoms with Crippen LogP contribution in [0.5, 0.6) is 0 Å². The van der Waals surface area contributed by atoms with E-state index in [2.05, 4.69) is 108 Å². The molecule has 2 aromatic carbocycles.